The molecule has 2 amide bonds. The highest BCUT2D eigenvalue weighted by atomic mass is 32.1. The van der Waals surface area contributed by atoms with E-state index in [0.29, 0.717) is 12.1 Å². The lowest BCUT2D eigenvalue weighted by molar-refractivity contribution is -0.125. The zero-order chi connectivity index (χ0) is 25.9. The van der Waals surface area contributed by atoms with Gasteiger partial charge in [-0.1, -0.05) is 48.5 Å². The second-order valence-electron chi connectivity index (χ2n) is 9.17. The molecule has 3 aromatic carbocycles. The molecule has 3 N–H and O–H groups in total. The number of hydrogen-bond donors (Lipinski definition) is 3. The molecule has 7 nitrogen and oxygen atoms in total. The van der Waals surface area contributed by atoms with Gasteiger partial charge in [-0.2, -0.15) is 0 Å². The van der Waals surface area contributed by atoms with Gasteiger partial charge >= 0.3 is 0 Å². The van der Waals surface area contributed by atoms with Crippen molar-refractivity contribution in [3.8, 4) is 27.3 Å². The van der Waals surface area contributed by atoms with Crippen molar-refractivity contribution < 1.29 is 19.8 Å². The van der Waals surface area contributed by atoms with Crippen LogP contribution >= 0.6 is 11.3 Å². The maximum atomic E-state index is 13.4. The summed E-state index contributed by atoms with van der Waals surface area (Å²) >= 11 is 1.59. The first-order valence-electron chi connectivity index (χ1n) is 12.0. The Bertz CT molecular complexity index is 1420. The van der Waals surface area contributed by atoms with Crippen LogP contribution in [0.3, 0.4) is 0 Å². The molecule has 8 heteroatoms. The lowest BCUT2D eigenvalue weighted by atomic mass is 10.0. The van der Waals surface area contributed by atoms with Crippen molar-refractivity contribution in [3.05, 3.63) is 95.1 Å². The fourth-order valence-corrected chi connectivity index (χ4v) is 5.41. The third-order valence-corrected chi connectivity index (χ3v) is 7.56. The minimum atomic E-state index is -0.762. The number of carbonyl (C=O) groups is 2. The number of aliphatic hydroxyl groups excluding tert-OH is 1. The molecule has 1 aliphatic heterocycles. The van der Waals surface area contributed by atoms with Crippen LogP contribution in [0.5, 0.6) is 5.75 Å². The predicted octanol–water partition coefficient (Wildman–Crippen LogP) is 4.38. The molecule has 2 heterocycles. The van der Waals surface area contributed by atoms with Gasteiger partial charge in [-0.3, -0.25) is 9.59 Å². The summed E-state index contributed by atoms with van der Waals surface area (Å²) in [5, 5.41) is 22.8. The molecule has 1 aliphatic rings. The molecule has 1 aromatic heterocycles. The van der Waals surface area contributed by atoms with Gasteiger partial charge < -0.3 is 20.4 Å². The van der Waals surface area contributed by atoms with E-state index in [1.165, 1.54) is 4.90 Å². The first-order valence-corrected chi connectivity index (χ1v) is 12.9. The summed E-state index contributed by atoms with van der Waals surface area (Å²) in [4.78, 5) is 33.3. The van der Waals surface area contributed by atoms with Crippen LogP contribution in [0, 0.1) is 6.92 Å². The number of amides is 2. The van der Waals surface area contributed by atoms with E-state index in [4.69, 9.17) is 0 Å². The van der Waals surface area contributed by atoms with Gasteiger partial charge in [0, 0.05) is 25.1 Å². The molecular formula is C29H27N3O4S. The number of aliphatic hydroxyl groups is 1. The quantitative estimate of drug-likeness (QED) is 0.355. The topological polar surface area (TPSA) is 103 Å². The minimum Gasteiger partial charge on any atom is -0.508 e. The summed E-state index contributed by atoms with van der Waals surface area (Å²) in [6.07, 6.45) is -0.569. The first-order chi connectivity index (χ1) is 17.9. The van der Waals surface area contributed by atoms with Crippen molar-refractivity contribution in [2.24, 2.45) is 0 Å². The molecule has 5 rings (SSSR count). The molecule has 0 radical (unpaired) electrons. The second-order valence-corrected chi connectivity index (χ2v) is 10.0. The lowest BCUT2D eigenvalue weighted by Gasteiger charge is -2.24. The van der Waals surface area contributed by atoms with Crippen molar-refractivity contribution >= 4 is 23.2 Å². The molecule has 37 heavy (non-hydrogen) atoms. The summed E-state index contributed by atoms with van der Waals surface area (Å²) in [6.45, 7) is 2.40. The maximum Gasteiger partial charge on any atom is 0.254 e. The van der Waals surface area contributed by atoms with Crippen LogP contribution in [0.1, 0.15) is 28.0 Å². The van der Waals surface area contributed by atoms with E-state index < -0.39 is 12.1 Å². The molecule has 0 aliphatic carbocycles. The number of benzene rings is 3. The number of phenolic OH excluding ortho intramolecular Hbond substituents is 1. The molecule has 188 valence electrons. The van der Waals surface area contributed by atoms with Gasteiger partial charge in [-0.25, -0.2) is 4.98 Å². The Hall–Kier alpha value is -4.01. The molecule has 0 saturated carbocycles. The van der Waals surface area contributed by atoms with Gasteiger partial charge in [0.25, 0.3) is 5.91 Å². The van der Waals surface area contributed by atoms with Crippen molar-refractivity contribution in [3.63, 3.8) is 0 Å². The Morgan fingerprint density at radius 2 is 1.76 bits per heavy atom. The fraction of sp³-hybridized carbons (Fsp3) is 0.207. The van der Waals surface area contributed by atoms with Crippen molar-refractivity contribution in [1.29, 1.82) is 0 Å². The summed E-state index contributed by atoms with van der Waals surface area (Å²) in [6, 6.07) is 21.1. The zero-order valence-electron chi connectivity index (χ0n) is 20.3. The number of likely N-dealkylation sites (tertiary alicyclic amines) is 1. The largest absolute Gasteiger partial charge is 0.508 e. The molecular weight excluding hydrogens is 486 g/mol. The van der Waals surface area contributed by atoms with E-state index in [-0.39, 0.29) is 30.5 Å². The van der Waals surface area contributed by atoms with Crippen LogP contribution in [-0.2, 0) is 11.3 Å². The molecule has 0 unspecified atom stereocenters. The van der Waals surface area contributed by atoms with Gasteiger partial charge in [0.1, 0.15) is 11.8 Å². The lowest BCUT2D eigenvalue weighted by Crippen LogP contribution is -2.45. The third kappa shape index (κ3) is 5.40. The Kier molecular flexibility index (Phi) is 7.03. The highest BCUT2D eigenvalue weighted by Gasteiger charge is 2.39. The van der Waals surface area contributed by atoms with Gasteiger partial charge in [-0.15, -0.1) is 11.3 Å². The maximum absolute atomic E-state index is 13.4. The van der Waals surface area contributed by atoms with Crippen LogP contribution < -0.4 is 5.32 Å². The number of aryl methyl sites for hydroxylation is 1. The number of hydrogen-bond acceptors (Lipinski definition) is 6. The highest BCUT2D eigenvalue weighted by molar-refractivity contribution is 7.13. The van der Waals surface area contributed by atoms with Crippen LogP contribution in [0.15, 0.2) is 78.3 Å². The number of nitrogens with one attached hydrogen (secondary N) is 1. The first kappa shape index (κ1) is 24.7. The van der Waals surface area contributed by atoms with E-state index in [9.17, 15) is 19.8 Å². The minimum absolute atomic E-state index is 0.100. The van der Waals surface area contributed by atoms with Crippen molar-refractivity contribution in [2.45, 2.75) is 32.0 Å². The molecule has 2 atom stereocenters. The van der Waals surface area contributed by atoms with E-state index in [1.54, 1.807) is 53.8 Å². The van der Waals surface area contributed by atoms with Crippen LogP contribution in [0.4, 0.5) is 0 Å². The number of phenols is 1. The van der Waals surface area contributed by atoms with Crippen molar-refractivity contribution in [2.75, 3.05) is 6.54 Å². The summed E-state index contributed by atoms with van der Waals surface area (Å²) in [5.41, 5.74) is 6.96. The standard InChI is InChI=1S/C29H27N3O4S/c1-18-27(37-17-31-18)21-7-5-19(6-8-21)15-30-28(35)26-14-25(34)16-32(26)29(36)23-4-2-3-22(13-23)20-9-11-24(33)12-10-20/h2-13,17,25-26,33-34H,14-16H2,1H3,(H,30,35)/t25-,26+/m1/s1. The third-order valence-electron chi connectivity index (χ3n) is 6.58. The number of aromatic hydroxyl groups is 1. The fourth-order valence-electron chi connectivity index (χ4n) is 4.60. The predicted molar refractivity (Wildman–Crippen MR) is 143 cm³/mol. The van der Waals surface area contributed by atoms with Gasteiger partial charge in [0.15, 0.2) is 0 Å². The Morgan fingerprint density at radius 1 is 1.03 bits per heavy atom. The van der Waals surface area contributed by atoms with Gasteiger partial charge in [0.05, 0.1) is 22.2 Å². The summed E-state index contributed by atoms with van der Waals surface area (Å²) in [5.74, 6) is -0.426. The molecule has 1 saturated heterocycles. The van der Waals surface area contributed by atoms with E-state index in [0.717, 1.165) is 32.8 Å². The normalized spacial score (nSPS) is 17.1. The van der Waals surface area contributed by atoms with Crippen LogP contribution in [0.2, 0.25) is 0 Å². The molecule has 4 aromatic rings. The Balaban J connectivity index is 1.26. The summed E-state index contributed by atoms with van der Waals surface area (Å²) < 4.78 is 0. The number of β-amino-alcohol motifs (C(OH)–C–C–N with tert-alkyl or cyclic N) is 1. The molecule has 0 bridgehead atoms. The number of carbonyl (C=O) groups excluding carboxylic acids is 2. The van der Waals surface area contributed by atoms with Crippen LogP contribution in [-0.4, -0.2) is 50.6 Å². The van der Waals surface area contributed by atoms with Crippen molar-refractivity contribution in [1.82, 2.24) is 15.2 Å². The number of nitrogens with zero attached hydrogens (tertiary/aromatic N) is 2. The van der Waals surface area contributed by atoms with Gasteiger partial charge in [0.2, 0.25) is 5.91 Å². The number of aromatic nitrogens is 1. The second kappa shape index (κ2) is 10.5. The summed E-state index contributed by atoms with van der Waals surface area (Å²) in [7, 11) is 0. The van der Waals surface area contributed by atoms with E-state index >= 15 is 0 Å². The van der Waals surface area contributed by atoms with E-state index in [1.807, 2.05) is 42.8 Å². The number of rotatable bonds is 6. The molecule has 1 fully saturated rings. The Labute approximate surface area is 219 Å². The van der Waals surface area contributed by atoms with Gasteiger partial charge in [-0.05, 0) is 53.4 Å². The number of thiazole rings is 1. The van der Waals surface area contributed by atoms with Crippen LogP contribution in [0.25, 0.3) is 21.6 Å². The zero-order valence-corrected chi connectivity index (χ0v) is 21.1. The smallest absolute Gasteiger partial charge is 0.254 e. The average Bonchev–Trinajstić information content (AvgIpc) is 3.53. The van der Waals surface area contributed by atoms with E-state index in [2.05, 4.69) is 10.3 Å². The SMILES string of the molecule is Cc1ncsc1-c1ccc(CNC(=O)[C@@H]2C[C@@H](O)CN2C(=O)c2cccc(-c3ccc(O)cc3)c2)cc1. The highest BCUT2D eigenvalue weighted by Crippen LogP contribution is 2.28. The average molecular weight is 514 g/mol. The monoisotopic (exact) mass is 513 g/mol. The molecule has 0 spiro atoms. The Morgan fingerprint density at radius 3 is 2.46 bits per heavy atom.